The van der Waals surface area contributed by atoms with Crippen molar-refractivity contribution in [2.24, 2.45) is 23.7 Å². The summed E-state index contributed by atoms with van der Waals surface area (Å²) in [5.74, 6) is 1.75. The van der Waals surface area contributed by atoms with Crippen molar-refractivity contribution in [2.75, 3.05) is 7.11 Å². The van der Waals surface area contributed by atoms with Crippen LogP contribution in [0.1, 0.15) is 54.4 Å². The van der Waals surface area contributed by atoms with E-state index in [4.69, 9.17) is 9.47 Å². The van der Waals surface area contributed by atoms with Crippen LogP contribution in [0.15, 0.2) is 0 Å². The van der Waals surface area contributed by atoms with Crippen molar-refractivity contribution in [3.8, 4) is 0 Å². The molecule has 1 aliphatic heterocycles. The van der Waals surface area contributed by atoms with Gasteiger partial charge >= 0.3 is 5.97 Å². The number of carbonyl (C=O) groups is 1. The van der Waals surface area contributed by atoms with Gasteiger partial charge in [0, 0.05) is 0 Å². The summed E-state index contributed by atoms with van der Waals surface area (Å²) in [5, 5.41) is 0. The molecule has 0 aromatic heterocycles. The largest absolute Gasteiger partial charge is 0.467 e. The molecule has 19 heavy (non-hydrogen) atoms. The first-order valence-electron chi connectivity index (χ1n) is 7.53. The molecule has 0 amide bonds. The standard InChI is InChI=1S/C16H30O3/c1-8-10(2)12(4)14-13(5)11(3)9-16(6,19-14)15(17)18-7/h10-14H,8-9H2,1-7H3. The molecule has 0 saturated carbocycles. The highest BCUT2D eigenvalue weighted by molar-refractivity contribution is 5.79. The molecule has 0 radical (unpaired) electrons. The molecule has 112 valence electrons. The van der Waals surface area contributed by atoms with Gasteiger partial charge in [-0.25, -0.2) is 4.79 Å². The third-order valence-electron chi connectivity index (χ3n) is 5.20. The molecule has 0 N–H and O–H groups in total. The van der Waals surface area contributed by atoms with Gasteiger partial charge in [-0.05, 0) is 37.0 Å². The first-order chi connectivity index (χ1) is 8.76. The monoisotopic (exact) mass is 270 g/mol. The van der Waals surface area contributed by atoms with E-state index in [1.54, 1.807) is 0 Å². The van der Waals surface area contributed by atoms with Gasteiger partial charge in [-0.15, -0.1) is 0 Å². The number of esters is 1. The van der Waals surface area contributed by atoms with Gasteiger partial charge in [-0.3, -0.25) is 0 Å². The second-order valence-electron chi connectivity index (χ2n) is 6.59. The van der Waals surface area contributed by atoms with E-state index in [0.717, 1.165) is 12.8 Å². The van der Waals surface area contributed by atoms with Gasteiger partial charge in [0.2, 0.25) is 0 Å². The van der Waals surface area contributed by atoms with Gasteiger partial charge in [-0.2, -0.15) is 0 Å². The summed E-state index contributed by atoms with van der Waals surface area (Å²) >= 11 is 0. The second kappa shape index (κ2) is 6.25. The van der Waals surface area contributed by atoms with E-state index < -0.39 is 5.60 Å². The van der Waals surface area contributed by atoms with E-state index in [9.17, 15) is 4.79 Å². The molecule has 0 spiro atoms. The average Bonchev–Trinajstić information content (AvgIpc) is 2.40. The summed E-state index contributed by atoms with van der Waals surface area (Å²) in [5.41, 5.74) is -0.785. The Labute approximate surface area is 118 Å². The summed E-state index contributed by atoms with van der Waals surface area (Å²) in [6.07, 6.45) is 2.00. The third-order valence-corrected chi connectivity index (χ3v) is 5.20. The van der Waals surface area contributed by atoms with Crippen molar-refractivity contribution in [3.05, 3.63) is 0 Å². The number of ether oxygens (including phenoxy) is 2. The van der Waals surface area contributed by atoms with Crippen molar-refractivity contribution in [2.45, 2.75) is 66.1 Å². The Bertz CT molecular complexity index is 315. The van der Waals surface area contributed by atoms with Crippen molar-refractivity contribution in [1.29, 1.82) is 0 Å². The normalized spacial score (nSPS) is 38.6. The quantitative estimate of drug-likeness (QED) is 0.731. The topological polar surface area (TPSA) is 35.5 Å². The molecule has 1 heterocycles. The lowest BCUT2D eigenvalue weighted by Gasteiger charge is -2.47. The van der Waals surface area contributed by atoms with E-state index in [0.29, 0.717) is 23.7 Å². The Morgan fingerprint density at radius 1 is 1.42 bits per heavy atom. The molecule has 6 atom stereocenters. The zero-order valence-corrected chi connectivity index (χ0v) is 13.5. The molecule has 1 aliphatic rings. The minimum absolute atomic E-state index is 0.128. The Morgan fingerprint density at radius 2 is 2.00 bits per heavy atom. The number of methoxy groups -OCH3 is 1. The number of carbonyl (C=O) groups excluding carboxylic acids is 1. The fourth-order valence-electron chi connectivity index (χ4n) is 3.21. The average molecular weight is 270 g/mol. The zero-order valence-electron chi connectivity index (χ0n) is 13.5. The summed E-state index contributed by atoms with van der Waals surface area (Å²) in [7, 11) is 1.44. The van der Waals surface area contributed by atoms with Crippen molar-refractivity contribution >= 4 is 5.97 Å². The molecular formula is C16H30O3. The van der Waals surface area contributed by atoms with Crippen LogP contribution in [0.3, 0.4) is 0 Å². The molecule has 0 aromatic carbocycles. The van der Waals surface area contributed by atoms with E-state index in [1.165, 1.54) is 7.11 Å². The minimum Gasteiger partial charge on any atom is -0.467 e. The third kappa shape index (κ3) is 3.31. The molecular weight excluding hydrogens is 240 g/mol. The highest BCUT2D eigenvalue weighted by Crippen LogP contribution is 2.41. The number of hydrogen-bond donors (Lipinski definition) is 0. The predicted molar refractivity (Wildman–Crippen MR) is 76.9 cm³/mol. The zero-order chi connectivity index (χ0) is 14.8. The van der Waals surface area contributed by atoms with E-state index in [-0.39, 0.29) is 12.1 Å². The van der Waals surface area contributed by atoms with E-state index in [2.05, 4.69) is 34.6 Å². The van der Waals surface area contributed by atoms with Gasteiger partial charge in [0.15, 0.2) is 5.60 Å². The highest BCUT2D eigenvalue weighted by atomic mass is 16.6. The fourth-order valence-corrected chi connectivity index (χ4v) is 3.21. The van der Waals surface area contributed by atoms with Crippen LogP contribution in [0, 0.1) is 23.7 Å². The molecule has 6 unspecified atom stereocenters. The Balaban J connectivity index is 2.94. The molecule has 1 rings (SSSR count). The van der Waals surface area contributed by atoms with Crippen molar-refractivity contribution in [1.82, 2.24) is 0 Å². The van der Waals surface area contributed by atoms with Gasteiger partial charge < -0.3 is 9.47 Å². The van der Waals surface area contributed by atoms with Gasteiger partial charge in [0.05, 0.1) is 13.2 Å². The maximum absolute atomic E-state index is 12.0. The molecule has 1 fully saturated rings. The van der Waals surface area contributed by atoms with Crippen LogP contribution < -0.4 is 0 Å². The lowest BCUT2D eigenvalue weighted by atomic mass is 9.72. The number of hydrogen-bond acceptors (Lipinski definition) is 3. The lowest BCUT2D eigenvalue weighted by Crippen LogP contribution is -2.53. The maximum atomic E-state index is 12.0. The van der Waals surface area contributed by atoms with E-state index in [1.807, 2.05) is 6.92 Å². The maximum Gasteiger partial charge on any atom is 0.337 e. The van der Waals surface area contributed by atoms with Crippen LogP contribution in [-0.4, -0.2) is 24.8 Å². The molecule has 1 saturated heterocycles. The summed E-state index contributed by atoms with van der Waals surface area (Å²) < 4.78 is 11.1. The SMILES string of the molecule is CCC(C)C(C)C1OC(C)(C(=O)OC)CC(C)C1C. The summed E-state index contributed by atoms with van der Waals surface area (Å²) in [4.78, 5) is 12.0. The summed E-state index contributed by atoms with van der Waals surface area (Å²) in [6, 6.07) is 0. The second-order valence-corrected chi connectivity index (χ2v) is 6.59. The van der Waals surface area contributed by atoms with Crippen LogP contribution in [0.5, 0.6) is 0 Å². The van der Waals surface area contributed by atoms with Gasteiger partial charge in [-0.1, -0.05) is 41.0 Å². The fraction of sp³-hybridized carbons (Fsp3) is 0.938. The molecule has 0 aliphatic carbocycles. The van der Waals surface area contributed by atoms with Crippen LogP contribution >= 0.6 is 0 Å². The molecule has 3 nitrogen and oxygen atoms in total. The van der Waals surface area contributed by atoms with Gasteiger partial charge in [0.1, 0.15) is 0 Å². The smallest absolute Gasteiger partial charge is 0.337 e. The predicted octanol–water partition coefficient (Wildman–Crippen LogP) is 3.66. The minimum atomic E-state index is -0.785. The summed E-state index contributed by atoms with van der Waals surface area (Å²) in [6.45, 7) is 13.0. The number of rotatable bonds is 4. The first kappa shape index (κ1) is 16.5. The Kier molecular flexibility index (Phi) is 5.43. The van der Waals surface area contributed by atoms with Crippen molar-refractivity contribution in [3.63, 3.8) is 0 Å². The van der Waals surface area contributed by atoms with Crippen LogP contribution in [0.4, 0.5) is 0 Å². The highest BCUT2D eigenvalue weighted by Gasteiger charge is 2.48. The molecule has 0 aromatic rings. The lowest BCUT2D eigenvalue weighted by molar-refractivity contribution is -0.208. The van der Waals surface area contributed by atoms with Crippen LogP contribution in [0.2, 0.25) is 0 Å². The van der Waals surface area contributed by atoms with Crippen molar-refractivity contribution < 1.29 is 14.3 Å². The van der Waals surface area contributed by atoms with Crippen LogP contribution in [0.25, 0.3) is 0 Å². The van der Waals surface area contributed by atoms with E-state index >= 15 is 0 Å². The Hall–Kier alpha value is -0.570. The van der Waals surface area contributed by atoms with Crippen LogP contribution in [-0.2, 0) is 14.3 Å². The van der Waals surface area contributed by atoms with Gasteiger partial charge in [0.25, 0.3) is 0 Å². The molecule has 0 bridgehead atoms. The Morgan fingerprint density at radius 3 is 2.47 bits per heavy atom. The first-order valence-corrected chi connectivity index (χ1v) is 7.53. The molecule has 3 heteroatoms.